The molecule has 2 aromatic heterocycles. The third kappa shape index (κ3) is 3.25. The second-order valence-corrected chi connectivity index (χ2v) is 5.74. The third-order valence-corrected chi connectivity index (χ3v) is 4.10. The van der Waals surface area contributed by atoms with Crippen LogP contribution in [0.1, 0.15) is 29.9 Å². The molecule has 1 amide bonds. The molecule has 3 rings (SSSR count). The Morgan fingerprint density at radius 2 is 1.88 bits per heavy atom. The zero-order valence-electron chi connectivity index (χ0n) is 14.3. The van der Waals surface area contributed by atoms with E-state index in [9.17, 15) is 4.79 Å². The lowest BCUT2D eigenvalue weighted by atomic mass is 10.2. The number of hydrogen-bond donors (Lipinski definition) is 1. The van der Waals surface area contributed by atoms with Gasteiger partial charge in [0.2, 0.25) is 0 Å². The van der Waals surface area contributed by atoms with Crippen molar-refractivity contribution >= 4 is 22.9 Å². The third-order valence-electron chi connectivity index (χ3n) is 4.10. The van der Waals surface area contributed by atoms with Gasteiger partial charge in [0.1, 0.15) is 5.65 Å². The van der Waals surface area contributed by atoms with Gasteiger partial charge in [0, 0.05) is 42.4 Å². The topological polar surface area (TPSA) is 49.6 Å². The van der Waals surface area contributed by atoms with E-state index in [1.54, 1.807) is 12.1 Å². The van der Waals surface area contributed by atoms with Crippen molar-refractivity contribution < 1.29 is 4.79 Å². The van der Waals surface area contributed by atoms with Crippen LogP contribution in [-0.2, 0) is 0 Å². The normalized spacial score (nSPS) is 10.8. The number of fused-ring (bicyclic) bond motifs is 1. The van der Waals surface area contributed by atoms with Crippen LogP contribution in [0.3, 0.4) is 0 Å². The Bertz CT molecular complexity index is 847. The van der Waals surface area contributed by atoms with Gasteiger partial charge >= 0.3 is 0 Å². The van der Waals surface area contributed by atoms with Gasteiger partial charge in [-0.1, -0.05) is 0 Å². The number of carbonyl (C=O) groups is 1. The molecular formula is C19H22N4O. The second kappa shape index (κ2) is 6.74. The highest BCUT2D eigenvalue weighted by Gasteiger charge is 2.09. The van der Waals surface area contributed by atoms with Gasteiger partial charge in [-0.3, -0.25) is 4.79 Å². The number of benzene rings is 1. The van der Waals surface area contributed by atoms with Gasteiger partial charge < -0.3 is 14.6 Å². The molecule has 0 radical (unpaired) electrons. The smallest absolute Gasteiger partial charge is 0.255 e. The second-order valence-electron chi connectivity index (χ2n) is 5.74. The molecule has 0 aliphatic carbocycles. The Morgan fingerprint density at radius 3 is 2.54 bits per heavy atom. The van der Waals surface area contributed by atoms with Gasteiger partial charge in [0.05, 0.1) is 5.69 Å². The van der Waals surface area contributed by atoms with Crippen LogP contribution in [0.25, 0.3) is 5.65 Å². The van der Waals surface area contributed by atoms with E-state index in [-0.39, 0.29) is 5.91 Å². The monoisotopic (exact) mass is 322 g/mol. The Labute approximate surface area is 141 Å². The summed E-state index contributed by atoms with van der Waals surface area (Å²) >= 11 is 0. The van der Waals surface area contributed by atoms with Gasteiger partial charge in [-0.15, -0.1) is 0 Å². The molecular weight excluding hydrogens is 300 g/mol. The fraction of sp³-hybridized carbons (Fsp3) is 0.263. The van der Waals surface area contributed by atoms with E-state index in [0.717, 1.165) is 35.8 Å². The highest BCUT2D eigenvalue weighted by molar-refractivity contribution is 6.04. The molecule has 3 aromatic rings. The minimum absolute atomic E-state index is 0.131. The highest BCUT2D eigenvalue weighted by atomic mass is 16.1. The van der Waals surface area contributed by atoms with Crippen molar-refractivity contribution in [2.24, 2.45) is 0 Å². The standard InChI is InChI=1S/C19H22N4O/c1-4-22(5-2)17-8-6-16(7-9-17)21-19(24)15-10-11-23-13-14(3)20-18(23)12-15/h6-13H,4-5H2,1-3H3,(H,21,24). The van der Waals surface area contributed by atoms with Crippen LogP contribution in [0.5, 0.6) is 0 Å². The summed E-state index contributed by atoms with van der Waals surface area (Å²) < 4.78 is 1.91. The average Bonchev–Trinajstić information content (AvgIpc) is 2.96. The first kappa shape index (κ1) is 16.1. The summed E-state index contributed by atoms with van der Waals surface area (Å²) in [4.78, 5) is 19.1. The largest absolute Gasteiger partial charge is 0.372 e. The number of amides is 1. The Hall–Kier alpha value is -2.82. The van der Waals surface area contributed by atoms with E-state index in [1.807, 2.05) is 48.0 Å². The maximum atomic E-state index is 12.4. The molecule has 0 saturated carbocycles. The fourth-order valence-electron chi connectivity index (χ4n) is 2.80. The molecule has 0 atom stereocenters. The fourth-order valence-corrected chi connectivity index (χ4v) is 2.80. The van der Waals surface area contributed by atoms with Gasteiger partial charge in [-0.05, 0) is 57.2 Å². The van der Waals surface area contributed by atoms with Crippen molar-refractivity contribution in [3.8, 4) is 0 Å². The summed E-state index contributed by atoms with van der Waals surface area (Å²) in [6, 6.07) is 11.5. The minimum atomic E-state index is -0.131. The van der Waals surface area contributed by atoms with Crippen LogP contribution in [0.4, 0.5) is 11.4 Å². The molecule has 0 aliphatic rings. The van der Waals surface area contributed by atoms with E-state index >= 15 is 0 Å². The molecule has 5 heteroatoms. The number of aromatic nitrogens is 2. The van der Waals surface area contributed by atoms with Crippen LogP contribution in [-0.4, -0.2) is 28.4 Å². The Kier molecular flexibility index (Phi) is 4.51. The van der Waals surface area contributed by atoms with Crippen LogP contribution in [0.2, 0.25) is 0 Å². The maximum absolute atomic E-state index is 12.4. The van der Waals surface area contributed by atoms with E-state index in [2.05, 4.69) is 29.0 Å². The van der Waals surface area contributed by atoms with Gasteiger partial charge in [0.15, 0.2) is 0 Å². The lowest BCUT2D eigenvalue weighted by Crippen LogP contribution is -2.21. The number of nitrogens with one attached hydrogen (secondary N) is 1. The van der Waals surface area contributed by atoms with Crippen LogP contribution < -0.4 is 10.2 Å². The van der Waals surface area contributed by atoms with Crippen molar-refractivity contribution in [1.82, 2.24) is 9.38 Å². The summed E-state index contributed by atoms with van der Waals surface area (Å²) in [6.45, 7) is 8.13. The summed E-state index contributed by atoms with van der Waals surface area (Å²) in [5, 5.41) is 2.94. The first-order valence-corrected chi connectivity index (χ1v) is 8.22. The number of aryl methyl sites for hydroxylation is 1. The lowest BCUT2D eigenvalue weighted by Gasteiger charge is -2.21. The van der Waals surface area contributed by atoms with E-state index < -0.39 is 0 Å². The Balaban J connectivity index is 1.75. The number of imidazole rings is 1. The number of anilines is 2. The summed E-state index contributed by atoms with van der Waals surface area (Å²) in [7, 11) is 0. The summed E-state index contributed by atoms with van der Waals surface area (Å²) in [5.41, 5.74) is 4.25. The first-order chi connectivity index (χ1) is 11.6. The zero-order valence-corrected chi connectivity index (χ0v) is 14.3. The average molecular weight is 322 g/mol. The molecule has 1 aromatic carbocycles. The number of nitrogens with zero attached hydrogens (tertiary/aromatic N) is 3. The molecule has 0 fully saturated rings. The number of carbonyl (C=O) groups excluding carboxylic acids is 1. The van der Waals surface area contributed by atoms with Gasteiger partial charge in [-0.2, -0.15) is 0 Å². The van der Waals surface area contributed by atoms with Gasteiger partial charge in [-0.25, -0.2) is 4.98 Å². The molecule has 5 nitrogen and oxygen atoms in total. The van der Waals surface area contributed by atoms with Crippen molar-refractivity contribution in [2.45, 2.75) is 20.8 Å². The minimum Gasteiger partial charge on any atom is -0.372 e. The first-order valence-electron chi connectivity index (χ1n) is 8.22. The number of rotatable bonds is 5. The Morgan fingerprint density at radius 1 is 1.17 bits per heavy atom. The molecule has 0 unspecified atom stereocenters. The van der Waals surface area contributed by atoms with Crippen LogP contribution in [0, 0.1) is 6.92 Å². The number of hydrogen-bond acceptors (Lipinski definition) is 3. The van der Waals surface area contributed by atoms with E-state index in [4.69, 9.17) is 0 Å². The lowest BCUT2D eigenvalue weighted by molar-refractivity contribution is 0.102. The van der Waals surface area contributed by atoms with E-state index in [0.29, 0.717) is 5.56 Å². The molecule has 0 aliphatic heterocycles. The van der Waals surface area contributed by atoms with Crippen molar-refractivity contribution in [1.29, 1.82) is 0 Å². The zero-order chi connectivity index (χ0) is 17.1. The van der Waals surface area contributed by atoms with E-state index in [1.165, 1.54) is 0 Å². The molecule has 2 heterocycles. The molecule has 24 heavy (non-hydrogen) atoms. The molecule has 124 valence electrons. The molecule has 0 saturated heterocycles. The quantitative estimate of drug-likeness (QED) is 0.778. The summed E-state index contributed by atoms with van der Waals surface area (Å²) in [6.07, 6.45) is 3.79. The van der Waals surface area contributed by atoms with Crippen LogP contribution >= 0.6 is 0 Å². The number of pyridine rings is 1. The molecule has 0 bridgehead atoms. The van der Waals surface area contributed by atoms with Crippen molar-refractivity contribution in [2.75, 3.05) is 23.3 Å². The predicted octanol–water partition coefficient (Wildman–Crippen LogP) is 3.74. The maximum Gasteiger partial charge on any atom is 0.255 e. The molecule has 1 N–H and O–H groups in total. The van der Waals surface area contributed by atoms with Crippen molar-refractivity contribution in [3.63, 3.8) is 0 Å². The van der Waals surface area contributed by atoms with Crippen LogP contribution in [0.15, 0.2) is 48.8 Å². The molecule has 0 spiro atoms. The van der Waals surface area contributed by atoms with Crippen molar-refractivity contribution in [3.05, 3.63) is 60.0 Å². The summed E-state index contributed by atoms with van der Waals surface area (Å²) in [5.74, 6) is -0.131. The predicted molar refractivity (Wildman–Crippen MR) is 97.9 cm³/mol. The SMILES string of the molecule is CCN(CC)c1ccc(NC(=O)c2ccn3cc(C)nc3c2)cc1. The van der Waals surface area contributed by atoms with Gasteiger partial charge in [0.25, 0.3) is 5.91 Å². The highest BCUT2D eigenvalue weighted by Crippen LogP contribution is 2.18.